The van der Waals surface area contributed by atoms with Crippen LogP contribution in [0.3, 0.4) is 0 Å². The molecule has 0 aromatic carbocycles. The van der Waals surface area contributed by atoms with E-state index in [0.29, 0.717) is 0 Å². The Balaban J connectivity index is 2.07. The van der Waals surface area contributed by atoms with Crippen molar-refractivity contribution in [3.8, 4) is 0 Å². The normalized spacial score (nSPS) is 27.8. The SMILES string of the molecule is C=COCCCC1(CC)CCO1. The molecule has 1 aliphatic rings. The van der Waals surface area contributed by atoms with E-state index in [9.17, 15) is 0 Å². The number of hydrogen-bond acceptors (Lipinski definition) is 2. The van der Waals surface area contributed by atoms with Gasteiger partial charge in [0, 0.05) is 0 Å². The van der Waals surface area contributed by atoms with E-state index in [-0.39, 0.29) is 5.60 Å². The zero-order valence-electron chi connectivity index (χ0n) is 7.84. The van der Waals surface area contributed by atoms with E-state index < -0.39 is 0 Å². The smallest absolute Gasteiger partial charge is 0.0874 e. The minimum absolute atomic E-state index is 0.199. The van der Waals surface area contributed by atoms with E-state index in [1.54, 1.807) is 0 Å². The summed E-state index contributed by atoms with van der Waals surface area (Å²) in [5.41, 5.74) is 0.199. The van der Waals surface area contributed by atoms with Gasteiger partial charge in [0.2, 0.25) is 0 Å². The van der Waals surface area contributed by atoms with Crippen molar-refractivity contribution in [3.63, 3.8) is 0 Å². The Bertz CT molecular complexity index is 133. The predicted molar refractivity (Wildman–Crippen MR) is 49.0 cm³/mol. The van der Waals surface area contributed by atoms with Crippen molar-refractivity contribution in [1.29, 1.82) is 0 Å². The van der Waals surface area contributed by atoms with Crippen LogP contribution < -0.4 is 0 Å². The third kappa shape index (κ3) is 2.24. The molecule has 1 heterocycles. The van der Waals surface area contributed by atoms with E-state index in [1.807, 2.05) is 0 Å². The number of ether oxygens (including phenoxy) is 2. The van der Waals surface area contributed by atoms with E-state index in [1.165, 1.54) is 12.7 Å². The topological polar surface area (TPSA) is 18.5 Å². The lowest BCUT2D eigenvalue weighted by Crippen LogP contribution is -2.43. The second-order valence-corrected chi connectivity index (χ2v) is 3.28. The molecule has 0 bridgehead atoms. The van der Waals surface area contributed by atoms with E-state index in [2.05, 4.69) is 13.5 Å². The lowest BCUT2D eigenvalue weighted by molar-refractivity contribution is -0.154. The highest BCUT2D eigenvalue weighted by Crippen LogP contribution is 2.34. The van der Waals surface area contributed by atoms with Crippen molar-refractivity contribution in [2.24, 2.45) is 0 Å². The summed E-state index contributed by atoms with van der Waals surface area (Å²) < 4.78 is 10.6. The molecule has 2 nitrogen and oxygen atoms in total. The molecule has 1 aliphatic heterocycles. The first-order chi connectivity index (χ1) is 5.83. The van der Waals surface area contributed by atoms with Crippen molar-refractivity contribution < 1.29 is 9.47 Å². The minimum Gasteiger partial charge on any atom is -0.502 e. The van der Waals surface area contributed by atoms with Crippen molar-refractivity contribution >= 4 is 0 Å². The summed E-state index contributed by atoms with van der Waals surface area (Å²) >= 11 is 0. The van der Waals surface area contributed by atoms with Crippen LogP contribution in [0.2, 0.25) is 0 Å². The molecule has 0 spiro atoms. The lowest BCUT2D eigenvalue weighted by atomic mass is 9.87. The first-order valence-corrected chi connectivity index (χ1v) is 4.69. The minimum atomic E-state index is 0.199. The molecule has 1 rings (SSSR count). The van der Waals surface area contributed by atoms with Gasteiger partial charge in [0.25, 0.3) is 0 Å². The molecule has 1 saturated heterocycles. The summed E-state index contributed by atoms with van der Waals surface area (Å²) in [5.74, 6) is 0. The molecule has 1 atom stereocenters. The van der Waals surface area contributed by atoms with Gasteiger partial charge in [-0.2, -0.15) is 0 Å². The average molecular weight is 170 g/mol. The van der Waals surface area contributed by atoms with Crippen LogP contribution >= 0.6 is 0 Å². The summed E-state index contributed by atoms with van der Waals surface area (Å²) in [6.45, 7) is 7.40. The quantitative estimate of drug-likeness (QED) is 0.450. The second-order valence-electron chi connectivity index (χ2n) is 3.28. The molecule has 0 aromatic heterocycles. The molecule has 1 unspecified atom stereocenters. The van der Waals surface area contributed by atoms with Gasteiger partial charge in [-0.15, -0.1) is 0 Å². The van der Waals surface area contributed by atoms with Crippen molar-refractivity contribution in [2.75, 3.05) is 13.2 Å². The fourth-order valence-electron chi connectivity index (χ4n) is 1.60. The average Bonchev–Trinajstić information content (AvgIpc) is 2.02. The lowest BCUT2D eigenvalue weighted by Gasteiger charge is -2.41. The van der Waals surface area contributed by atoms with Crippen LogP contribution in [0.1, 0.15) is 32.6 Å². The van der Waals surface area contributed by atoms with Crippen LogP contribution in [0.25, 0.3) is 0 Å². The van der Waals surface area contributed by atoms with Gasteiger partial charge in [-0.25, -0.2) is 0 Å². The van der Waals surface area contributed by atoms with E-state index >= 15 is 0 Å². The molecule has 0 radical (unpaired) electrons. The van der Waals surface area contributed by atoms with Gasteiger partial charge in [0.1, 0.15) is 0 Å². The monoisotopic (exact) mass is 170 g/mol. The first-order valence-electron chi connectivity index (χ1n) is 4.69. The van der Waals surface area contributed by atoms with Gasteiger partial charge >= 0.3 is 0 Å². The standard InChI is InChI=1S/C10H18O2/c1-3-10(7-9-12-10)6-5-8-11-4-2/h4H,2-3,5-9H2,1H3. The molecule has 1 fully saturated rings. The highest BCUT2D eigenvalue weighted by Gasteiger charge is 2.35. The van der Waals surface area contributed by atoms with Crippen LogP contribution in [-0.4, -0.2) is 18.8 Å². The van der Waals surface area contributed by atoms with Crippen LogP contribution in [0, 0.1) is 0 Å². The summed E-state index contributed by atoms with van der Waals surface area (Å²) in [5, 5.41) is 0. The Kier molecular flexibility index (Phi) is 3.60. The number of hydrogen-bond donors (Lipinski definition) is 0. The fraction of sp³-hybridized carbons (Fsp3) is 0.800. The molecule has 0 aromatic rings. The molecule has 2 heteroatoms. The third-order valence-corrected chi connectivity index (χ3v) is 2.62. The third-order valence-electron chi connectivity index (χ3n) is 2.62. The molecule has 0 aliphatic carbocycles. The van der Waals surface area contributed by atoms with E-state index in [4.69, 9.17) is 9.47 Å². The van der Waals surface area contributed by atoms with Crippen molar-refractivity contribution in [1.82, 2.24) is 0 Å². The van der Waals surface area contributed by atoms with Crippen LogP contribution in [0.15, 0.2) is 12.8 Å². The predicted octanol–water partition coefficient (Wildman–Crippen LogP) is 2.50. The van der Waals surface area contributed by atoms with Crippen LogP contribution in [-0.2, 0) is 9.47 Å². The van der Waals surface area contributed by atoms with Gasteiger partial charge in [-0.05, 0) is 25.7 Å². The highest BCUT2D eigenvalue weighted by atomic mass is 16.5. The maximum Gasteiger partial charge on any atom is 0.0874 e. The molecular weight excluding hydrogens is 152 g/mol. The van der Waals surface area contributed by atoms with Gasteiger partial charge in [0.05, 0.1) is 25.1 Å². The molecule has 0 N–H and O–H groups in total. The van der Waals surface area contributed by atoms with E-state index in [0.717, 1.165) is 32.5 Å². The molecule has 0 saturated carbocycles. The second kappa shape index (κ2) is 4.51. The largest absolute Gasteiger partial charge is 0.502 e. The Hall–Kier alpha value is -0.500. The molecular formula is C10H18O2. The Morgan fingerprint density at radius 2 is 2.42 bits per heavy atom. The molecule has 0 amide bonds. The fourth-order valence-corrected chi connectivity index (χ4v) is 1.60. The first kappa shape index (κ1) is 9.59. The van der Waals surface area contributed by atoms with Gasteiger partial charge in [-0.1, -0.05) is 13.5 Å². The zero-order chi connectivity index (χ0) is 8.86. The Morgan fingerprint density at radius 1 is 1.67 bits per heavy atom. The van der Waals surface area contributed by atoms with Crippen molar-refractivity contribution in [2.45, 2.75) is 38.2 Å². The summed E-state index contributed by atoms with van der Waals surface area (Å²) in [7, 11) is 0. The Morgan fingerprint density at radius 3 is 2.83 bits per heavy atom. The molecule has 12 heavy (non-hydrogen) atoms. The summed E-state index contributed by atoms with van der Waals surface area (Å²) in [6.07, 6.45) is 6.04. The summed E-state index contributed by atoms with van der Waals surface area (Å²) in [4.78, 5) is 0. The zero-order valence-corrected chi connectivity index (χ0v) is 7.84. The van der Waals surface area contributed by atoms with Crippen LogP contribution in [0.5, 0.6) is 0 Å². The number of rotatable bonds is 6. The Labute approximate surface area is 74.6 Å². The van der Waals surface area contributed by atoms with Gasteiger partial charge < -0.3 is 9.47 Å². The van der Waals surface area contributed by atoms with Gasteiger partial charge in [0.15, 0.2) is 0 Å². The van der Waals surface area contributed by atoms with Gasteiger partial charge in [-0.3, -0.25) is 0 Å². The van der Waals surface area contributed by atoms with Crippen LogP contribution in [0.4, 0.5) is 0 Å². The maximum atomic E-state index is 5.57. The van der Waals surface area contributed by atoms with Crippen molar-refractivity contribution in [3.05, 3.63) is 12.8 Å². The molecule has 70 valence electrons. The maximum absolute atomic E-state index is 5.57. The highest BCUT2D eigenvalue weighted by molar-refractivity contribution is 4.85. The summed E-state index contributed by atoms with van der Waals surface area (Å²) in [6, 6.07) is 0.